The van der Waals surface area contributed by atoms with Crippen molar-refractivity contribution in [1.82, 2.24) is 9.80 Å². The number of likely N-dealkylation sites (tertiary alicyclic amines) is 1. The number of piperidine rings is 1. The van der Waals surface area contributed by atoms with Gasteiger partial charge in [0.2, 0.25) is 5.91 Å². The Hall–Kier alpha value is -1.27. The Kier molecular flexibility index (Phi) is 9.59. The zero-order valence-electron chi connectivity index (χ0n) is 17.8. The molecule has 1 fully saturated rings. The fourth-order valence-corrected chi connectivity index (χ4v) is 4.42. The van der Waals surface area contributed by atoms with Crippen LogP contribution in [0, 0.1) is 0 Å². The molecule has 0 N–H and O–H groups in total. The van der Waals surface area contributed by atoms with Crippen LogP contribution >= 0.6 is 15.9 Å². The van der Waals surface area contributed by atoms with E-state index in [0.717, 1.165) is 86.2 Å². The molecule has 1 unspecified atom stereocenters. The summed E-state index contributed by atoms with van der Waals surface area (Å²) in [7, 11) is 3.40. The molecule has 0 aliphatic carbocycles. The summed E-state index contributed by atoms with van der Waals surface area (Å²) in [6.07, 6.45) is 6.04. The van der Waals surface area contributed by atoms with Crippen LogP contribution in [0.4, 0.5) is 0 Å². The number of ether oxygens (including phenoxy) is 2. The highest BCUT2D eigenvalue weighted by Gasteiger charge is 2.19. The van der Waals surface area contributed by atoms with E-state index in [4.69, 9.17) is 9.47 Å². The van der Waals surface area contributed by atoms with Crippen LogP contribution in [0.3, 0.4) is 0 Å². The minimum atomic E-state index is 0.336. The molecule has 0 radical (unpaired) electrons. The molecule has 1 heterocycles. The van der Waals surface area contributed by atoms with Crippen molar-refractivity contribution in [3.8, 4) is 11.5 Å². The predicted molar refractivity (Wildman–Crippen MR) is 117 cm³/mol. The van der Waals surface area contributed by atoms with Crippen LogP contribution in [0.15, 0.2) is 16.6 Å². The van der Waals surface area contributed by atoms with Gasteiger partial charge in [-0.3, -0.25) is 4.79 Å². The Balaban J connectivity index is 1.87. The van der Waals surface area contributed by atoms with Crippen molar-refractivity contribution in [2.75, 3.05) is 40.4 Å². The maximum absolute atomic E-state index is 11.9. The van der Waals surface area contributed by atoms with Gasteiger partial charge in [0.1, 0.15) is 11.5 Å². The number of halogens is 1. The van der Waals surface area contributed by atoms with Crippen LogP contribution in [0.5, 0.6) is 11.5 Å². The zero-order valence-corrected chi connectivity index (χ0v) is 19.4. The van der Waals surface area contributed by atoms with Gasteiger partial charge >= 0.3 is 0 Å². The molecule has 1 saturated heterocycles. The van der Waals surface area contributed by atoms with E-state index in [1.165, 1.54) is 0 Å². The first kappa shape index (κ1) is 23.0. The summed E-state index contributed by atoms with van der Waals surface area (Å²) < 4.78 is 11.9. The van der Waals surface area contributed by atoms with E-state index in [1.54, 1.807) is 14.2 Å². The van der Waals surface area contributed by atoms with Gasteiger partial charge < -0.3 is 19.3 Å². The Morgan fingerprint density at radius 3 is 2.57 bits per heavy atom. The lowest BCUT2D eigenvalue weighted by atomic mass is 10.0. The summed E-state index contributed by atoms with van der Waals surface area (Å²) in [4.78, 5) is 16.5. The first-order valence-electron chi connectivity index (χ1n) is 10.4. The van der Waals surface area contributed by atoms with Crippen molar-refractivity contribution >= 4 is 21.8 Å². The number of nitrogens with zero attached hydrogens (tertiary/aromatic N) is 2. The van der Waals surface area contributed by atoms with Crippen LogP contribution in [-0.4, -0.2) is 62.1 Å². The molecule has 1 aromatic carbocycles. The first-order chi connectivity index (χ1) is 13.5. The molecule has 28 heavy (non-hydrogen) atoms. The Bertz CT molecular complexity index is 638. The molecule has 0 aromatic heterocycles. The van der Waals surface area contributed by atoms with Gasteiger partial charge in [-0.25, -0.2) is 0 Å². The minimum Gasteiger partial charge on any atom is -0.496 e. The molecule has 158 valence electrons. The highest BCUT2D eigenvalue weighted by atomic mass is 79.9. The molecule has 6 heteroatoms. The average molecular weight is 455 g/mol. The molecule has 0 saturated carbocycles. The molecular formula is C22H35BrN2O3. The van der Waals surface area contributed by atoms with Gasteiger partial charge in [-0.05, 0) is 85.7 Å². The summed E-state index contributed by atoms with van der Waals surface area (Å²) in [5.74, 6) is 2.06. The number of benzene rings is 1. The fourth-order valence-electron chi connectivity index (χ4n) is 3.94. The van der Waals surface area contributed by atoms with Crippen molar-refractivity contribution in [1.29, 1.82) is 0 Å². The van der Waals surface area contributed by atoms with Gasteiger partial charge in [-0.1, -0.05) is 6.92 Å². The molecule has 5 nitrogen and oxygen atoms in total. The van der Waals surface area contributed by atoms with Crippen LogP contribution in [0.1, 0.15) is 51.5 Å². The molecule has 1 atom stereocenters. The molecule has 1 aliphatic rings. The second-order valence-corrected chi connectivity index (χ2v) is 8.38. The van der Waals surface area contributed by atoms with Crippen LogP contribution < -0.4 is 9.47 Å². The number of methoxy groups -OCH3 is 2. The van der Waals surface area contributed by atoms with Gasteiger partial charge in [0.25, 0.3) is 0 Å². The van der Waals surface area contributed by atoms with Gasteiger partial charge in [0.15, 0.2) is 0 Å². The summed E-state index contributed by atoms with van der Waals surface area (Å²) in [6.45, 7) is 8.39. The SMILES string of the molecule is CCN(CCCCN1CCCCC1=O)C(C)Cc1cc(OC)c(Br)cc1OC. The van der Waals surface area contributed by atoms with E-state index in [0.29, 0.717) is 11.9 Å². The maximum atomic E-state index is 11.9. The zero-order chi connectivity index (χ0) is 20.5. The number of unbranched alkanes of at least 4 members (excludes halogenated alkanes) is 1. The number of carbonyl (C=O) groups is 1. The van der Waals surface area contributed by atoms with Crippen molar-refractivity contribution in [3.05, 3.63) is 22.2 Å². The third-order valence-electron chi connectivity index (χ3n) is 5.64. The Morgan fingerprint density at radius 1 is 1.18 bits per heavy atom. The highest BCUT2D eigenvalue weighted by Crippen LogP contribution is 2.33. The van der Waals surface area contributed by atoms with E-state index in [1.807, 2.05) is 11.0 Å². The van der Waals surface area contributed by atoms with Crippen molar-refractivity contribution in [2.24, 2.45) is 0 Å². The normalized spacial score (nSPS) is 15.8. The number of carbonyl (C=O) groups excluding carboxylic acids is 1. The molecule has 1 aromatic rings. The van der Waals surface area contributed by atoms with Crippen LogP contribution in [0.25, 0.3) is 0 Å². The second kappa shape index (κ2) is 11.7. The lowest BCUT2D eigenvalue weighted by molar-refractivity contribution is -0.133. The molecular weight excluding hydrogens is 420 g/mol. The standard InChI is InChI=1S/C22H35BrN2O3/c1-5-24(11-8-9-13-25-12-7-6-10-22(25)26)17(2)14-18-15-21(28-4)19(23)16-20(18)27-3/h15-17H,5-14H2,1-4H3. The maximum Gasteiger partial charge on any atom is 0.222 e. The van der Waals surface area contributed by atoms with Crippen LogP contribution in [0.2, 0.25) is 0 Å². The topological polar surface area (TPSA) is 42.0 Å². The van der Waals surface area contributed by atoms with Gasteiger partial charge in [-0.15, -0.1) is 0 Å². The molecule has 1 aliphatic heterocycles. The average Bonchev–Trinajstić information content (AvgIpc) is 2.70. The number of hydrogen-bond donors (Lipinski definition) is 0. The van der Waals surface area contributed by atoms with E-state index in [9.17, 15) is 4.79 Å². The monoisotopic (exact) mass is 454 g/mol. The summed E-state index contributed by atoms with van der Waals surface area (Å²) in [6, 6.07) is 4.45. The number of rotatable bonds is 11. The van der Waals surface area contributed by atoms with E-state index in [-0.39, 0.29) is 0 Å². The number of amides is 1. The smallest absolute Gasteiger partial charge is 0.222 e. The van der Waals surface area contributed by atoms with Gasteiger partial charge in [-0.2, -0.15) is 0 Å². The Labute approximate surface area is 178 Å². The number of likely N-dealkylation sites (N-methyl/N-ethyl adjacent to an activating group) is 1. The third kappa shape index (κ3) is 6.38. The third-order valence-corrected chi connectivity index (χ3v) is 6.26. The molecule has 0 spiro atoms. The quantitative estimate of drug-likeness (QED) is 0.461. The van der Waals surface area contributed by atoms with Crippen molar-refractivity contribution in [2.45, 2.75) is 58.4 Å². The van der Waals surface area contributed by atoms with Gasteiger partial charge in [0.05, 0.1) is 18.7 Å². The summed E-state index contributed by atoms with van der Waals surface area (Å²) >= 11 is 3.53. The van der Waals surface area contributed by atoms with Gasteiger partial charge in [0, 0.05) is 25.6 Å². The molecule has 2 rings (SSSR count). The van der Waals surface area contributed by atoms with E-state index >= 15 is 0 Å². The second-order valence-electron chi connectivity index (χ2n) is 7.53. The van der Waals surface area contributed by atoms with E-state index in [2.05, 4.69) is 40.7 Å². The lowest BCUT2D eigenvalue weighted by Crippen LogP contribution is -2.37. The molecule has 1 amide bonds. The summed E-state index contributed by atoms with van der Waals surface area (Å²) in [5, 5.41) is 0. The van der Waals surface area contributed by atoms with E-state index < -0.39 is 0 Å². The first-order valence-corrected chi connectivity index (χ1v) is 11.2. The van der Waals surface area contributed by atoms with Crippen molar-refractivity contribution in [3.63, 3.8) is 0 Å². The largest absolute Gasteiger partial charge is 0.496 e. The van der Waals surface area contributed by atoms with Crippen molar-refractivity contribution < 1.29 is 14.3 Å². The summed E-state index contributed by atoms with van der Waals surface area (Å²) in [5.41, 5.74) is 1.16. The fraction of sp³-hybridized carbons (Fsp3) is 0.682. The predicted octanol–water partition coefficient (Wildman–Crippen LogP) is 4.51. The highest BCUT2D eigenvalue weighted by molar-refractivity contribution is 9.10. The lowest BCUT2D eigenvalue weighted by Gasteiger charge is -2.30. The minimum absolute atomic E-state index is 0.336. The number of hydrogen-bond acceptors (Lipinski definition) is 4. The van der Waals surface area contributed by atoms with Crippen LogP contribution in [-0.2, 0) is 11.2 Å². The Morgan fingerprint density at radius 2 is 1.93 bits per heavy atom. The molecule has 0 bridgehead atoms.